The molecule has 1 atom stereocenters. The Hall–Kier alpha value is -0.890. The molecule has 1 aliphatic heterocycles. The number of nitrogens with zero attached hydrogens (tertiary/aromatic N) is 2. The van der Waals surface area contributed by atoms with Gasteiger partial charge in [0.15, 0.2) is 0 Å². The number of rotatable bonds is 7. The molecule has 7 heteroatoms. The zero-order chi connectivity index (χ0) is 15.3. The van der Waals surface area contributed by atoms with Gasteiger partial charge in [-0.15, -0.1) is 0 Å². The fraction of sp³-hybridized carbons (Fsp3) is 0.714. The van der Waals surface area contributed by atoms with Crippen LogP contribution < -0.4 is 0 Å². The Balaban J connectivity index is 2.16. The van der Waals surface area contributed by atoms with Crippen molar-refractivity contribution >= 4 is 10.2 Å². The van der Waals surface area contributed by atoms with Crippen molar-refractivity contribution in [3.8, 4) is 0 Å². The van der Waals surface area contributed by atoms with Crippen molar-refractivity contribution in [1.82, 2.24) is 8.61 Å². The van der Waals surface area contributed by atoms with E-state index in [0.717, 1.165) is 19.3 Å². The summed E-state index contributed by atoms with van der Waals surface area (Å²) in [7, 11) is -1.92. The molecule has 1 aromatic rings. The molecule has 21 heavy (non-hydrogen) atoms. The van der Waals surface area contributed by atoms with Crippen LogP contribution in [0.15, 0.2) is 22.8 Å². The molecule has 0 amide bonds. The molecule has 0 radical (unpaired) electrons. The van der Waals surface area contributed by atoms with Crippen molar-refractivity contribution in [3.05, 3.63) is 24.2 Å². The van der Waals surface area contributed by atoms with Crippen molar-refractivity contribution in [1.29, 1.82) is 0 Å². The molecule has 1 aliphatic rings. The van der Waals surface area contributed by atoms with E-state index in [0.29, 0.717) is 25.5 Å². The molecular weight excluding hydrogens is 292 g/mol. The summed E-state index contributed by atoms with van der Waals surface area (Å²) in [5, 5.41) is 0. The van der Waals surface area contributed by atoms with Crippen LogP contribution in [0.1, 0.15) is 31.9 Å². The second kappa shape index (κ2) is 7.40. The average Bonchev–Trinajstić information content (AvgIpc) is 2.96. The highest BCUT2D eigenvalue weighted by atomic mass is 32.2. The third-order valence-electron chi connectivity index (χ3n) is 3.82. The standard InChI is InChI=1S/C14H24N2O4S/c1-13-6-3-4-8-16(13)21(17,18)15(9-11-19-2)12-14-7-5-10-20-14/h5,7,10,13H,3-4,6,8-9,11-12H2,1-2H3. The van der Waals surface area contributed by atoms with Gasteiger partial charge in [-0.3, -0.25) is 0 Å². The summed E-state index contributed by atoms with van der Waals surface area (Å²) in [5.74, 6) is 0.638. The Morgan fingerprint density at radius 3 is 2.90 bits per heavy atom. The van der Waals surface area contributed by atoms with E-state index < -0.39 is 10.2 Å². The Morgan fingerprint density at radius 2 is 2.29 bits per heavy atom. The van der Waals surface area contributed by atoms with E-state index in [9.17, 15) is 8.42 Å². The van der Waals surface area contributed by atoms with Gasteiger partial charge in [0.25, 0.3) is 10.2 Å². The summed E-state index contributed by atoms with van der Waals surface area (Å²) in [6, 6.07) is 3.60. The van der Waals surface area contributed by atoms with E-state index in [4.69, 9.17) is 9.15 Å². The Kier molecular flexibility index (Phi) is 5.80. The third kappa shape index (κ3) is 4.06. The van der Waals surface area contributed by atoms with Crippen molar-refractivity contribution in [2.75, 3.05) is 26.8 Å². The van der Waals surface area contributed by atoms with Gasteiger partial charge >= 0.3 is 0 Å². The number of methoxy groups -OCH3 is 1. The first kappa shape index (κ1) is 16.5. The van der Waals surface area contributed by atoms with Gasteiger partial charge in [-0.2, -0.15) is 17.0 Å². The third-order valence-corrected chi connectivity index (χ3v) is 5.92. The molecule has 6 nitrogen and oxygen atoms in total. The zero-order valence-electron chi connectivity index (χ0n) is 12.7. The average molecular weight is 316 g/mol. The first-order valence-corrected chi connectivity index (χ1v) is 8.73. The van der Waals surface area contributed by atoms with Crippen molar-refractivity contribution < 1.29 is 17.6 Å². The van der Waals surface area contributed by atoms with Crippen LogP contribution in [0.25, 0.3) is 0 Å². The molecule has 2 rings (SSSR count). The van der Waals surface area contributed by atoms with Crippen LogP contribution in [0.5, 0.6) is 0 Å². The van der Waals surface area contributed by atoms with Crippen LogP contribution >= 0.6 is 0 Å². The van der Waals surface area contributed by atoms with Crippen LogP contribution in [-0.4, -0.2) is 49.9 Å². The molecule has 0 spiro atoms. The van der Waals surface area contributed by atoms with Gasteiger partial charge in [0.1, 0.15) is 5.76 Å². The summed E-state index contributed by atoms with van der Waals surface area (Å²) in [6.45, 7) is 3.48. The van der Waals surface area contributed by atoms with Gasteiger partial charge in [-0.1, -0.05) is 6.42 Å². The van der Waals surface area contributed by atoms with Gasteiger partial charge in [0.05, 0.1) is 19.4 Å². The monoisotopic (exact) mass is 316 g/mol. The smallest absolute Gasteiger partial charge is 0.282 e. The van der Waals surface area contributed by atoms with E-state index in [-0.39, 0.29) is 12.6 Å². The fourth-order valence-corrected chi connectivity index (χ4v) is 4.42. The predicted molar refractivity (Wildman–Crippen MR) is 79.9 cm³/mol. The Morgan fingerprint density at radius 1 is 1.48 bits per heavy atom. The summed E-state index contributed by atoms with van der Waals surface area (Å²) < 4.78 is 39.1. The lowest BCUT2D eigenvalue weighted by atomic mass is 10.1. The number of piperidine rings is 1. The highest BCUT2D eigenvalue weighted by Gasteiger charge is 2.34. The Labute approximate surface area is 126 Å². The fourth-order valence-electron chi connectivity index (χ4n) is 2.61. The first-order chi connectivity index (χ1) is 10.1. The van der Waals surface area contributed by atoms with Crippen molar-refractivity contribution in [2.24, 2.45) is 0 Å². The molecule has 1 unspecified atom stereocenters. The Bertz CT molecular complexity index is 515. The van der Waals surface area contributed by atoms with Gasteiger partial charge < -0.3 is 9.15 Å². The van der Waals surface area contributed by atoms with Crippen LogP contribution in [0.3, 0.4) is 0 Å². The quantitative estimate of drug-likeness (QED) is 0.770. The second-order valence-corrected chi connectivity index (χ2v) is 7.25. The largest absolute Gasteiger partial charge is 0.468 e. The maximum absolute atomic E-state index is 12.9. The number of furan rings is 1. The molecule has 120 valence electrons. The van der Waals surface area contributed by atoms with Crippen LogP contribution in [0, 0.1) is 0 Å². The molecule has 0 saturated carbocycles. The highest BCUT2D eigenvalue weighted by Crippen LogP contribution is 2.23. The van der Waals surface area contributed by atoms with E-state index in [1.165, 1.54) is 4.31 Å². The summed E-state index contributed by atoms with van der Waals surface area (Å²) in [6.07, 6.45) is 4.48. The van der Waals surface area contributed by atoms with E-state index >= 15 is 0 Å². The van der Waals surface area contributed by atoms with Crippen molar-refractivity contribution in [3.63, 3.8) is 0 Å². The van der Waals surface area contributed by atoms with Crippen LogP contribution in [0.4, 0.5) is 0 Å². The predicted octanol–water partition coefficient (Wildman–Crippen LogP) is 1.85. The molecule has 0 aromatic carbocycles. The molecule has 1 saturated heterocycles. The molecule has 2 heterocycles. The SMILES string of the molecule is COCCN(Cc1ccco1)S(=O)(=O)N1CCCCC1C. The van der Waals surface area contributed by atoms with Crippen LogP contribution in [-0.2, 0) is 21.5 Å². The zero-order valence-corrected chi connectivity index (χ0v) is 13.5. The minimum Gasteiger partial charge on any atom is -0.468 e. The molecule has 1 fully saturated rings. The second-order valence-electron chi connectivity index (χ2n) is 5.37. The molecular formula is C14H24N2O4S. The highest BCUT2D eigenvalue weighted by molar-refractivity contribution is 7.86. The summed E-state index contributed by atoms with van der Waals surface area (Å²) in [4.78, 5) is 0. The van der Waals surface area contributed by atoms with E-state index in [2.05, 4.69) is 0 Å². The minimum atomic E-state index is -3.49. The lowest BCUT2D eigenvalue weighted by molar-refractivity contribution is 0.166. The van der Waals surface area contributed by atoms with Crippen LogP contribution in [0.2, 0.25) is 0 Å². The number of hydrogen-bond acceptors (Lipinski definition) is 4. The van der Waals surface area contributed by atoms with Gasteiger partial charge in [-0.05, 0) is 31.9 Å². The minimum absolute atomic E-state index is 0.0467. The maximum atomic E-state index is 12.9. The lowest BCUT2D eigenvalue weighted by Gasteiger charge is -2.36. The van der Waals surface area contributed by atoms with E-state index in [1.54, 1.807) is 29.8 Å². The normalized spacial score (nSPS) is 21.0. The summed E-state index contributed by atoms with van der Waals surface area (Å²) in [5.41, 5.74) is 0. The van der Waals surface area contributed by atoms with Gasteiger partial charge in [0.2, 0.25) is 0 Å². The molecule has 0 N–H and O–H groups in total. The van der Waals surface area contributed by atoms with Gasteiger partial charge in [-0.25, -0.2) is 0 Å². The van der Waals surface area contributed by atoms with Crippen molar-refractivity contribution in [2.45, 2.75) is 38.8 Å². The summed E-state index contributed by atoms with van der Waals surface area (Å²) >= 11 is 0. The number of hydrogen-bond donors (Lipinski definition) is 0. The van der Waals surface area contributed by atoms with E-state index in [1.807, 2.05) is 6.92 Å². The topological polar surface area (TPSA) is 63.0 Å². The molecule has 0 aliphatic carbocycles. The lowest BCUT2D eigenvalue weighted by Crippen LogP contribution is -2.50. The molecule has 1 aromatic heterocycles. The van der Waals surface area contributed by atoms with Gasteiger partial charge in [0, 0.05) is 26.2 Å². The molecule has 0 bridgehead atoms. The maximum Gasteiger partial charge on any atom is 0.282 e. The first-order valence-electron chi connectivity index (χ1n) is 7.34. The number of ether oxygens (including phenoxy) is 1.